The Balaban J connectivity index is 1.49. The number of halogens is 3. The molecule has 0 fully saturated rings. The predicted molar refractivity (Wildman–Crippen MR) is 138 cm³/mol. The maximum atomic E-state index is 13.5. The second-order valence-electron chi connectivity index (χ2n) is 8.12. The number of nitrogens with one attached hydrogen (secondary N) is 1. The van der Waals surface area contributed by atoms with Crippen LogP contribution in [0.1, 0.15) is 23.0 Å². The molecule has 0 spiro atoms. The van der Waals surface area contributed by atoms with E-state index in [1.165, 1.54) is 23.6 Å². The highest BCUT2D eigenvalue weighted by atomic mass is 32.1. The minimum absolute atomic E-state index is 0.0245. The summed E-state index contributed by atoms with van der Waals surface area (Å²) in [5.41, 5.74) is -0.203. The van der Waals surface area contributed by atoms with Crippen LogP contribution in [0.3, 0.4) is 0 Å². The van der Waals surface area contributed by atoms with E-state index in [1.54, 1.807) is 31.2 Å². The van der Waals surface area contributed by atoms with E-state index in [1.807, 2.05) is 0 Å². The summed E-state index contributed by atoms with van der Waals surface area (Å²) < 4.78 is 58.0. The van der Waals surface area contributed by atoms with Gasteiger partial charge >= 0.3 is 12.3 Å². The standard InChI is InChI=1S/C26H18F3N3O7S/c1-2-36-25(35)22-17-12-40-23(30-20(33)10-4-14-3-9-18-19(11-14)38-13-37-18)21(17)24(34)32(31-22)15-5-7-16(8-6-15)39-26(27,28)29/h3-12H,2,13H2,1H3,(H,30,33)/b10-4+. The lowest BCUT2D eigenvalue weighted by Crippen LogP contribution is -2.25. The van der Waals surface area contributed by atoms with Gasteiger partial charge in [-0.3, -0.25) is 9.59 Å². The zero-order chi connectivity index (χ0) is 28.4. The van der Waals surface area contributed by atoms with Crippen LogP contribution in [0.4, 0.5) is 18.2 Å². The van der Waals surface area contributed by atoms with Crippen LogP contribution in [0.2, 0.25) is 0 Å². The molecule has 1 aliphatic heterocycles. The molecule has 4 aromatic rings. The number of fused-ring (bicyclic) bond motifs is 2. The van der Waals surface area contributed by atoms with Crippen LogP contribution in [-0.2, 0) is 9.53 Å². The Morgan fingerprint density at radius 2 is 1.90 bits per heavy atom. The summed E-state index contributed by atoms with van der Waals surface area (Å²) in [6.45, 7) is 1.74. The van der Waals surface area contributed by atoms with Crippen LogP contribution < -0.4 is 25.1 Å². The van der Waals surface area contributed by atoms with Gasteiger partial charge in [0.1, 0.15) is 10.8 Å². The molecule has 5 rings (SSSR count). The van der Waals surface area contributed by atoms with Crippen molar-refractivity contribution >= 4 is 45.1 Å². The third-order valence-electron chi connectivity index (χ3n) is 5.50. The predicted octanol–water partition coefficient (Wildman–Crippen LogP) is 4.90. The number of carbonyl (C=O) groups is 2. The van der Waals surface area contributed by atoms with Gasteiger partial charge in [0.05, 0.1) is 17.7 Å². The summed E-state index contributed by atoms with van der Waals surface area (Å²) in [4.78, 5) is 38.9. The van der Waals surface area contributed by atoms with E-state index in [9.17, 15) is 27.6 Å². The zero-order valence-corrected chi connectivity index (χ0v) is 21.3. The van der Waals surface area contributed by atoms with E-state index in [-0.39, 0.29) is 40.6 Å². The third-order valence-corrected chi connectivity index (χ3v) is 6.39. The lowest BCUT2D eigenvalue weighted by Gasteiger charge is -2.11. The van der Waals surface area contributed by atoms with Crippen molar-refractivity contribution in [1.29, 1.82) is 0 Å². The highest BCUT2D eigenvalue weighted by molar-refractivity contribution is 7.16. The van der Waals surface area contributed by atoms with Gasteiger partial charge in [-0.15, -0.1) is 24.5 Å². The quantitative estimate of drug-likeness (QED) is 0.245. The zero-order valence-electron chi connectivity index (χ0n) is 20.5. The fourth-order valence-corrected chi connectivity index (χ4v) is 4.74. The first-order valence-corrected chi connectivity index (χ1v) is 12.5. The van der Waals surface area contributed by atoms with Crippen molar-refractivity contribution in [3.63, 3.8) is 0 Å². The lowest BCUT2D eigenvalue weighted by molar-refractivity contribution is -0.274. The van der Waals surface area contributed by atoms with Crippen LogP contribution >= 0.6 is 11.3 Å². The first-order valence-electron chi connectivity index (χ1n) is 11.6. The van der Waals surface area contributed by atoms with Crippen molar-refractivity contribution < 1.29 is 41.7 Å². The minimum Gasteiger partial charge on any atom is -0.461 e. The van der Waals surface area contributed by atoms with E-state index in [0.29, 0.717) is 17.1 Å². The second-order valence-corrected chi connectivity index (χ2v) is 9.00. The van der Waals surface area contributed by atoms with Crippen molar-refractivity contribution in [2.45, 2.75) is 13.3 Å². The Morgan fingerprint density at radius 3 is 2.62 bits per heavy atom. The number of benzene rings is 2. The maximum absolute atomic E-state index is 13.5. The molecule has 1 aliphatic rings. The van der Waals surface area contributed by atoms with Gasteiger partial charge in [0.15, 0.2) is 17.2 Å². The van der Waals surface area contributed by atoms with E-state index < -0.39 is 29.5 Å². The Kier molecular flexibility index (Phi) is 7.17. The van der Waals surface area contributed by atoms with Gasteiger partial charge in [0.25, 0.3) is 5.56 Å². The maximum Gasteiger partial charge on any atom is 0.573 e. The molecule has 0 saturated carbocycles. The molecule has 0 unspecified atom stereocenters. The molecule has 2 aromatic carbocycles. The largest absolute Gasteiger partial charge is 0.573 e. The molecular formula is C26H18F3N3O7S. The van der Waals surface area contributed by atoms with Crippen LogP contribution in [0, 0.1) is 0 Å². The average Bonchev–Trinajstić information content (AvgIpc) is 3.55. The number of hydrogen-bond donors (Lipinski definition) is 1. The minimum atomic E-state index is -4.90. The molecule has 10 nitrogen and oxygen atoms in total. The first-order chi connectivity index (χ1) is 19.1. The second kappa shape index (κ2) is 10.7. The van der Waals surface area contributed by atoms with E-state index in [4.69, 9.17) is 14.2 Å². The Labute approximate surface area is 227 Å². The molecule has 14 heteroatoms. The fraction of sp³-hybridized carbons (Fsp3) is 0.154. The van der Waals surface area contributed by atoms with Gasteiger partial charge in [-0.1, -0.05) is 6.07 Å². The molecule has 0 radical (unpaired) electrons. The van der Waals surface area contributed by atoms with Crippen LogP contribution in [0.5, 0.6) is 17.2 Å². The molecule has 0 atom stereocenters. The molecule has 3 heterocycles. The third kappa shape index (κ3) is 5.61. The van der Waals surface area contributed by atoms with Crippen molar-refractivity contribution in [3.8, 4) is 22.9 Å². The van der Waals surface area contributed by atoms with E-state index >= 15 is 0 Å². The molecule has 1 N–H and O–H groups in total. The Bertz CT molecular complexity index is 1690. The number of nitrogens with zero attached hydrogens (tertiary/aromatic N) is 2. The summed E-state index contributed by atoms with van der Waals surface area (Å²) in [7, 11) is 0. The lowest BCUT2D eigenvalue weighted by atomic mass is 10.2. The van der Waals surface area contributed by atoms with Crippen LogP contribution in [-0.4, -0.2) is 41.4 Å². The van der Waals surface area contributed by atoms with Crippen molar-refractivity contribution in [2.24, 2.45) is 0 Å². The van der Waals surface area contributed by atoms with Gasteiger partial charge in [-0.2, -0.15) is 9.78 Å². The Hall–Kier alpha value is -4.85. The van der Waals surface area contributed by atoms with Crippen LogP contribution in [0.15, 0.2) is 58.7 Å². The van der Waals surface area contributed by atoms with Crippen molar-refractivity contribution in [2.75, 3.05) is 18.7 Å². The molecule has 0 saturated heterocycles. The van der Waals surface area contributed by atoms with Gasteiger partial charge < -0.3 is 24.3 Å². The highest BCUT2D eigenvalue weighted by Crippen LogP contribution is 2.33. The van der Waals surface area contributed by atoms with E-state index in [2.05, 4.69) is 15.2 Å². The number of hydrogen-bond acceptors (Lipinski definition) is 9. The molecular weight excluding hydrogens is 555 g/mol. The smallest absolute Gasteiger partial charge is 0.461 e. The van der Waals surface area contributed by atoms with Gasteiger partial charge in [-0.05, 0) is 55.0 Å². The van der Waals surface area contributed by atoms with Gasteiger partial charge in [0.2, 0.25) is 12.7 Å². The fourth-order valence-electron chi connectivity index (χ4n) is 3.80. The van der Waals surface area contributed by atoms with E-state index in [0.717, 1.165) is 28.2 Å². The number of amides is 1. The number of carbonyl (C=O) groups excluding carboxylic acids is 2. The topological polar surface area (TPSA) is 118 Å². The van der Waals surface area contributed by atoms with Crippen molar-refractivity contribution in [3.05, 3.63) is 75.5 Å². The molecule has 2 aromatic heterocycles. The SMILES string of the molecule is CCOC(=O)c1nn(-c2ccc(OC(F)(F)F)cc2)c(=O)c2c(NC(=O)/C=C/c3ccc4c(c3)OCO4)scc12. The average molecular weight is 574 g/mol. The number of rotatable bonds is 7. The van der Waals surface area contributed by atoms with Crippen LogP contribution in [0.25, 0.3) is 22.5 Å². The Morgan fingerprint density at radius 1 is 1.15 bits per heavy atom. The van der Waals surface area contributed by atoms with Gasteiger partial charge in [0, 0.05) is 16.8 Å². The number of ether oxygens (including phenoxy) is 4. The summed E-state index contributed by atoms with van der Waals surface area (Å²) in [6.07, 6.45) is -2.09. The molecule has 1 amide bonds. The molecule has 0 bridgehead atoms. The number of thiophene rings is 1. The van der Waals surface area contributed by atoms with Gasteiger partial charge in [-0.25, -0.2) is 4.79 Å². The van der Waals surface area contributed by atoms with Crippen molar-refractivity contribution in [1.82, 2.24) is 9.78 Å². The number of aromatic nitrogens is 2. The first kappa shape index (κ1) is 26.7. The summed E-state index contributed by atoms with van der Waals surface area (Å²) in [6, 6.07) is 9.50. The summed E-state index contributed by atoms with van der Waals surface area (Å²) in [5, 5.41) is 8.50. The molecule has 40 heavy (non-hydrogen) atoms. The number of anilines is 1. The summed E-state index contributed by atoms with van der Waals surface area (Å²) >= 11 is 0.997. The number of alkyl halides is 3. The summed E-state index contributed by atoms with van der Waals surface area (Å²) in [5.74, 6) is -0.748. The number of esters is 1. The normalized spacial score (nSPS) is 12.6. The molecule has 206 valence electrons. The monoisotopic (exact) mass is 573 g/mol. The highest BCUT2D eigenvalue weighted by Gasteiger charge is 2.31. The molecule has 0 aliphatic carbocycles.